The smallest absolute Gasteiger partial charge is 0.241 e. The molecule has 2 N–H and O–H groups in total. The lowest BCUT2D eigenvalue weighted by atomic mass is 9.96. The molecular weight excluding hydrogens is 375 g/mol. The van der Waals surface area contributed by atoms with Crippen molar-refractivity contribution in [2.24, 2.45) is 0 Å². The largest absolute Gasteiger partial charge is 0.492 e. The van der Waals surface area contributed by atoms with E-state index in [1.807, 2.05) is 0 Å². The third kappa shape index (κ3) is 4.99. The van der Waals surface area contributed by atoms with Crippen LogP contribution >= 0.6 is 24.0 Å². The van der Waals surface area contributed by atoms with Gasteiger partial charge >= 0.3 is 0 Å². The zero-order chi connectivity index (χ0) is 16.9. The zero-order valence-corrected chi connectivity index (χ0v) is 15.8. The molecule has 136 valence electrons. The van der Waals surface area contributed by atoms with Gasteiger partial charge in [-0.3, -0.25) is 4.79 Å². The maximum absolute atomic E-state index is 12.4. The summed E-state index contributed by atoms with van der Waals surface area (Å²) in [7, 11) is -3.49. The number of hydrogen-bond donors (Lipinski definition) is 2. The van der Waals surface area contributed by atoms with Crippen LogP contribution < -0.4 is 15.4 Å². The van der Waals surface area contributed by atoms with Crippen LogP contribution in [0.1, 0.15) is 12.8 Å². The molecule has 0 atom stereocenters. The molecule has 1 aromatic rings. The number of carbonyl (C=O) groups is 1. The van der Waals surface area contributed by atoms with Crippen molar-refractivity contribution in [2.75, 3.05) is 32.5 Å². The molecule has 1 saturated heterocycles. The fourth-order valence-electron chi connectivity index (χ4n) is 2.62. The van der Waals surface area contributed by atoms with E-state index in [2.05, 4.69) is 10.6 Å². The fourth-order valence-corrected chi connectivity index (χ4v) is 4.10. The van der Waals surface area contributed by atoms with Gasteiger partial charge in [0.1, 0.15) is 12.4 Å². The highest BCUT2D eigenvalue weighted by molar-refractivity contribution is 7.92. The summed E-state index contributed by atoms with van der Waals surface area (Å²) in [6.07, 6.45) is 1.70. The van der Waals surface area contributed by atoms with E-state index < -0.39 is 20.5 Å². The third-order valence-corrected chi connectivity index (χ3v) is 6.27. The van der Waals surface area contributed by atoms with Crippen molar-refractivity contribution in [3.8, 4) is 5.75 Å². The van der Waals surface area contributed by atoms with E-state index >= 15 is 0 Å². The minimum Gasteiger partial charge on any atom is -0.492 e. The van der Waals surface area contributed by atoms with Gasteiger partial charge in [0.05, 0.1) is 6.54 Å². The second kappa shape index (κ2) is 8.89. The van der Waals surface area contributed by atoms with Gasteiger partial charge in [-0.05, 0) is 50.2 Å². The SMILES string of the molecule is CS(=O)(=O)C1(C(=O)NCCOc2ccc(Cl)cc2)CCNCC1.Cl. The third-order valence-electron chi connectivity index (χ3n) is 4.00. The molecule has 1 aromatic carbocycles. The molecule has 1 amide bonds. The van der Waals surface area contributed by atoms with Gasteiger partial charge in [-0.1, -0.05) is 11.6 Å². The monoisotopic (exact) mass is 396 g/mol. The molecule has 1 aliphatic heterocycles. The number of amides is 1. The van der Waals surface area contributed by atoms with E-state index in [4.69, 9.17) is 16.3 Å². The number of rotatable bonds is 6. The van der Waals surface area contributed by atoms with Crippen LogP contribution in [0.25, 0.3) is 0 Å². The number of sulfone groups is 1. The van der Waals surface area contributed by atoms with Gasteiger partial charge in [0.2, 0.25) is 5.91 Å². The molecule has 0 unspecified atom stereocenters. The summed E-state index contributed by atoms with van der Waals surface area (Å²) in [6.45, 7) is 1.53. The fraction of sp³-hybridized carbons (Fsp3) is 0.533. The maximum Gasteiger partial charge on any atom is 0.241 e. The number of piperidine rings is 1. The summed E-state index contributed by atoms with van der Waals surface area (Å²) in [4.78, 5) is 12.4. The highest BCUT2D eigenvalue weighted by Crippen LogP contribution is 2.27. The first kappa shape index (κ1) is 21.0. The van der Waals surface area contributed by atoms with Crippen LogP contribution in [0.15, 0.2) is 24.3 Å². The highest BCUT2D eigenvalue weighted by atomic mass is 35.5. The highest BCUT2D eigenvalue weighted by Gasteiger charge is 2.48. The Balaban J connectivity index is 0.00000288. The van der Waals surface area contributed by atoms with Gasteiger partial charge in [0, 0.05) is 11.3 Å². The lowest BCUT2D eigenvalue weighted by molar-refractivity contribution is -0.124. The Morgan fingerprint density at radius 3 is 2.42 bits per heavy atom. The Hall–Kier alpha value is -1.02. The maximum atomic E-state index is 12.4. The lowest BCUT2D eigenvalue weighted by Crippen LogP contribution is -2.57. The van der Waals surface area contributed by atoms with Gasteiger partial charge in [0.15, 0.2) is 14.6 Å². The molecule has 0 aliphatic carbocycles. The Kier molecular flexibility index (Phi) is 7.79. The number of nitrogens with one attached hydrogen (secondary N) is 2. The Bertz CT molecular complexity index is 644. The molecule has 9 heteroatoms. The molecule has 2 rings (SSSR count). The standard InChI is InChI=1S/C15H21ClN2O4S.ClH/c1-23(20,21)15(6-8-17-9-7-15)14(19)18-10-11-22-13-4-2-12(16)3-5-13;/h2-5,17H,6-11H2,1H3,(H,18,19);1H. The molecule has 0 aromatic heterocycles. The summed E-state index contributed by atoms with van der Waals surface area (Å²) in [6, 6.07) is 6.89. The number of carbonyl (C=O) groups excluding carboxylic acids is 1. The van der Waals surface area contributed by atoms with Crippen LogP contribution in [0.3, 0.4) is 0 Å². The summed E-state index contributed by atoms with van der Waals surface area (Å²) in [5.41, 5.74) is 0. The van der Waals surface area contributed by atoms with E-state index in [-0.39, 0.29) is 38.4 Å². The van der Waals surface area contributed by atoms with Gasteiger partial charge in [-0.2, -0.15) is 0 Å². The molecule has 1 heterocycles. The molecule has 0 radical (unpaired) electrons. The van der Waals surface area contributed by atoms with Crippen molar-refractivity contribution < 1.29 is 17.9 Å². The van der Waals surface area contributed by atoms with Crippen molar-refractivity contribution in [3.63, 3.8) is 0 Å². The molecule has 0 spiro atoms. The van der Waals surface area contributed by atoms with E-state index in [0.29, 0.717) is 23.9 Å². The van der Waals surface area contributed by atoms with E-state index in [9.17, 15) is 13.2 Å². The Labute approximate surface area is 153 Å². The zero-order valence-electron chi connectivity index (χ0n) is 13.4. The first-order chi connectivity index (χ1) is 10.8. The predicted molar refractivity (Wildman–Crippen MR) is 96.9 cm³/mol. The first-order valence-corrected chi connectivity index (χ1v) is 9.69. The number of halogens is 2. The molecule has 24 heavy (non-hydrogen) atoms. The van der Waals surface area contributed by atoms with E-state index in [1.165, 1.54) is 0 Å². The number of ether oxygens (including phenoxy) is 1. The van der Waals surface area contributed by atoms with Crippen LogP contribution in [0.5, 0.6) is 5.75 Å². The van der Waals surface area contributed by atoms with E-state index in [1.54, 1.807) is 24.3 Å². The quantitative estimate of drug-likeness (QED) is 0.710. The van der Waals surface area contributed by atoms with Crippen LogP contribution in [0, 0.1) is 0 Å². The topological polar surface area (TPSA) is 84.5 Å². The summed E-state index contributed by atoms with van der Waals surface area (Å²) < 4.78 is 28.4. The second-order valence-corrected chi connectivity index (χ2v) is 8.34. The number of benzene rings is 1. The van der Waals surface area contributed by atoms with Crippen molar-refractivity contribution >= 4 is 39.8 Å². The van der Waals surface area contributed by atoms with Crippen LogP contribution in [0.4, 0.5) is 0 Å². The van der Waals surface area contributed by atoms with Gasteiger partial charge < -0.3 is 15.4 Å². The molecule has 6 nitrogen and oxygen atoms in total. The number of hydrogen-bond acceptors (Lipinski definition) is 5. The van der Waals surface area contributed by atoms with Gasteiger partial charge in [-0.15, -0.1) is 12.4 Å². The predicted octanol–water partition coefficient (Wildman–Crippen LogP) is 1.42. The summed E-state index contributed by atoms with van der Waals surface area (Å²) in [5, 5.41) is 6.38. The Morgan fingerprint density at radius 1 is 1.29 bits per heavy atom. The Morgan fingerprint density at radius 2 is 1.88 bits per heavy atom. The van der Waals surface area contributed by atoms with Crippen LogP contribution in [-0.4, -0.2) is 51.6 Å². The van der Waals surface area contributed by atoms with E-state index in [0.717, 1.165) is 6.26 Å². The molecule has 1 fully saturated rings. The first-order valence-electron chi connectivity index (χ1n) is 7.42. The summed E-state index contributed by atoms with van der Waals surface area (Å²) in [5.74, 6) is 0.199. The average Bonchev–Trinajstić information content (AvgIpc) is 2.52. The minimum absolute atomic E-state index is 0. The molecule has 0 bridgehead atoms. The summed E-state index contributed by atoms with van der Waals surface area (Å²) >= 11 is 5.78. The van der Waals surface area contributed by atoms with Crippen molar-refractivity contribution in [1.29, 1.82) is 0 Å². The van der Waals surface area contributed by atoms with Crippen molar-refractivity contribution in [2.45, 2.75) is 17.6 Å². The van der Waals surface area contributed by atoms with Crippen LogP contribution in [0.2, 0.25) is 5.02 Å². The molecule has 1 aliphatic rings. The van der Waals surface area contributed by atoms with Crippen molar-refractivity contribution in [1.82, 2.24) is 10.6 Å². The molecular formula is C15H22Cl2N2O4S. The second-order valence-electron chi connectivity index (χ2n) is 5.57. The minimum atomic E-state index is -3.49. The van der Waals surface area contributed by atoms with Crippen LogP contribution in [-0.2, 0) is 14.6 Å². The molecule has 0 saturated carbocycles. The van der Waals surface area contributed by atoms with Gasteiger partial charge in [-0.25, -0.2) is 8.42 Å². The van der Waals surface area contributed by atoms with Gasteiger partial charge in [0.25, 0.3) is 0 Å². The van der Waals surface area contributed by atoms with Crippen molar-refractivity contribution in [3.05, 3.63) is 29.3 Å². The normalized spacial score (nSPS) is 16.8. The lowest BCUT2D eigenvalue weighted by Gasteiger charge is -2.34. The average molecular weight is 397 g/mol.